The number of fused-ring (bicyclic) bond motifs is 1. The number of hydrogen-bond donors (Lipinski definition) is 1. The topological polar surface area (TPSA) is 68.1 Å². The summed E-state index contributed by atoms with van der Waals surface area (Å²) in [5.41, 5.74) is 3.16. The standard InChI is InChI=1S/C14H17N3O2S/c1-14(2)6-5-9(7-14)16-10-3-4-11-12(15-8-20-11)13(10)17(18)19/h3-4,8-9,16H,5-7H2,1-2H3. The second-order valence-electron chi connectivity index (χ2n) is 6.17. The molecule has 0 aliphatic heterocycles. The fourth-order valence-corrected chi connectivity index (χ4v) is 3.68. The number of nitrogens with zero attached hydrogens (tertiary/aromatic N) is 2. The Morgan fingerprint density at radius 1 is 1.50 bits per heavy atom. The lowest BCUT2D eigenvalue weighted by atomic mass is 9.92. The highest BCUT2D eigenvalue weighted by molar-refractivity contribution is 7.16. The predicted octanol–water partition coefficient (Wildman–Crippen LogP) is 4.20. The van der Waals surface area contributed by atoms with E-state index in [4.69, 9.17) is 0 Å². The maximum Gasteiger partial charge on any atom is 0.319 e. The van der Waals surface area contributed by atoms with E-state index in [-0.39, 0.29) is 10.6 Å². The summed E-state index contributed by atoms with van der Waals surface area (Å²) in [6.45, 7) is 4.49. The van der Waals surface area contributed by atoms with Crippen molar-refractivity contribution in [3.05, 3.63) is 27.8 Å². The van der Waals surface area contributed by atoms with Crippen molar-refractivity contribution in [3.63, 3.8) is 0 Å². The molecule has 1 unspecified atom stereocenters. The van der Waals surface area contributed by atoms with Gasteiger partial charge in [-0.3, -0.25) is 10.1 Å². The molecule has 1 saturated carbocycles. The Labute approximate surface area is 121 Å². The van der Waals surface area contributed by atoms with Crippen LogP contribution in [0, 0.1) is 15.5 Å². The summed E-state index contributed by atoms with van der Waals surface area (Å²) in [5.74, 6) is 0. The van der Waals surface area contributed by atoms with E-state index in [0.717, 1.165) is 24.0 Å². The molecule has 6 heteroatoms. The highest BCUT2D eigenvalue weighted by Crippen LogP contribution is 2.41. The average Bonchev–Trinajstić information content (AvgIpc) is 2.94. The van der Waals surface area contributed by atoms with E-state index in [2.05, 4.69) is 24.1 Å². The lowest BCUT2D eigenvalue weighted by Crippen LogP contribution is -2.18. The van der Waals surface area contributed by atoms with Gasteiger partial charge < -0.3 is 5.32 Å². The van der Waals surface area contributed by atoms with Crippen molar-refractivity contribution in [2.45, 2.75) is 39.2 Å². The van der Waals surface area contributed by atoms with Crippen LogP contribution in [0.4, 0.5) is 11.4 Å². The average molecular weight is 291 g/mol. The molecule has 1 aromatic heterocycles. The van der Waals surface area contributed by atoms with Crippen LogP contribution in [-0.2, 0) is 0 Å². The zero-order chi connectivity index (χ0) is 14.3. The first-order valence-electron chi connectivity index (χ1n) is 6.73. The molecule has 3 rings (SSSR count). The normalized spacial score (nSPS) is 21.2. The smallest absolute Gasteiger partial charge is 0.319 e. The molecule has 1 aliphatic carbocycles. The number of nitro benzene ring substituents is 1. The Bertz CT molecular complexity index is 665. The van der Waals surface area contributed by atoms with Crippen molar-refractivity contribution in [1.82, 2.24) is 4.98 Å². The number of benzene rings is 1. The van der Waals surface area contributed by atoms with Gasteiger partial charge in [-0.15, -0.1) is 11.3 Å². The fraction of sp³-hybridized carbons (Fsp3) is 0.500. The molecule has 106 valence electrons. The Morgan fingerprint density at radius 3 is 2.95 bits per heavy atom. The van der Waals surface area contributed by atoms with Gasteiger partial charge in [-0.25, -0.2) is 4.98 Å². The van der Waals surface area contributed by atoms with Gasteiger partial charge in [0.1, 0.15) is 5.69 Å². The molecule has 20 heavy (non-hydrogen) atoms. The molecule has 0 spiro atoms. The maximum absolute atomic E-state index is 11.4. The number of hydrogen-bond acceptors (Lipinski definition) is 5. The molecule has 2 aromatic rings. The summed E-state index contributed by atoms with van der Waals surface area (Å²) < 4.78 is 0.856. The second-order valence-corrected chi connectivity index (χ2v) is 7.05. The van der Waals surface area contributed by atoms with Crippen LogP contribution in [0.5, 0.6) is 0 Å². The number of aromatic nitrogens is 1. The van der Waals surface area contributed by atoms with E-state index in [9.17, 15) is 10.1 Å². The summed E-state index contributed by atoms with van der Waals surface area (Å²) in [5, 5.41) is 14.7. The monoisotopic (exact) mass is 291 g/mol. The van der Waals surface area contributed by atoms with Crippen LogP contribution < -0.4 is 5.32 Å². The molecule has 1 fully saturated rings. The molecule has 5 nitrogen and oxygen atoms in total. The van der Waals surface area contributed by atoms with Gasteiger partial charge in [0.05, 0.1) is 15.1 Å². The van der Waals surface area contributed by atoms with E-state index in [1.807, 2.05) is 12.1 Å². The molecule has 1 atom stereocenters. The molecular formula is C14H17N3O2S. The van der Waals surface area contributed by atoms with Crippen LogP contribution in [-0.4, -0.2) is 15.9 Å². The number of thiazole rings is 1. The van der Waals surface area contributed by atoms with Gasteiger partial charge >= 0.3 is 5.69 Å². The van der Waals surface area contributed by atoms with Crippen LogP contribution in [0.25, 0.3) is 10.2 Å². The Morgan fingerprint density at radius 2 is 2.30 bits per heavy atom. The highest BCUT2D eigenvalue weighted by atomic mass is 32.1. The molecule has 0 radical (unpaired) electrons. The van der Waals surface area contributed by atoms with Gasteiger partial charge in [-0.1, -0.05) is 13.8 Å². The minimum Gasteiger partial charge on any atom is -0.377 e. The number of anilines is 1. The lowest BCUT2D eigenvalue weighted by Gasteiger charge is -2.18. The third kappa shape index (κ3) is 2.35. The summed E-state index contributed by atoms with van der Waals surface area (Å²) in [6, 6.07) is 4.02. The third-order valence-electron chi connectivity index (χ3n) is 3.99. The van der Waals surface area contributed by atoms with Crippen molar-refractivity contribution in [3.8, 4) is 0 Å². The van der Waals surface area contributed by atoms with Crippen molar-refractivity contribution < 1.29 is 4.92 Å². The van der Waals surface area contributed by atoms with Crippen molar-refractivity contribution in [2.75, 3.05) is 5.32 Å². The van der Waals surface area contributed by atoms with E-state index in [1.54, 1.807) is 5.51 Å². The summed E-state index contributed by atoms with van der Waals surface area (Å²) in [7, 11) is 0. The van der Waals surface area contributed by atoms with Gasteiger partial charge in [-0.05, 0) is 36.8 Å². The Hall–Kier alpha value is -1.69. The van der Waals surface area contributed by atoms with Crippen LogP contribution in [0.3, 0.4) is 0 Å². The molecule has 1 aromatic carbocycles. The molecular weight excluding hydrogens is 274 g/mol. The largest absolute Gasteiger partial charge is 0.377 e. The quantitative estimate of drug-likeness (QED) is 0.680. The second kappa shape index (κ2) is 4.70. The van der Waals surface area contributed by atoms with Gasteiger partial charge in [-0.2, -0.15) is 0 Å². The van der Waals surface area contributed by atoms with E-state index in [1.165, 1.54) is 11.3 Å². The molecule has 0 bridgehead atoms. The van der Waals surface area contributed by atoms with Crippen molar-refractivity contribution >= 4 is 32.9 Å². The SMILES string of the molecule is CC1(C)CCC(Nc2ccc3scnc3c2[N+](=O)[O-])C1. The number of nitrogens with one attached hydrogen (secondary N) is 1. The first-order valence-corrected chi connectivity index (χ1v) is 7.61. The van der Waals surface area contributed by atoms with Crippen LogP contribution in [0.1, 0.15) is 33.1 Å². The molecule has 1 N–H and O–H groups in total. The van der Waals surface area contributed by atoms with Gasteiger partial charge in [0.2, 0.25) is 0 Å². The van der Waals surface area contributed by atoms with Crippen molar-refractivity contribution in [2.24, 2.45) is 5.41 Å². The number of rotatable bonds is 3. The van der Waals surface area contributed by atoms with E-state index >= 15 is 0 Å². The molecule has 1 aliphatic rings. The summed E-state index contributed by atoms with van der Waals surface area (Å²) >= 11 is 1.43. The molecule has 0 amide bonds. The fourth-order valence-electron chi connectivity index (χ4n) is 3.00. The third-order valence-corrected chi connectivity index (χ3v) is 4.78. The van der Waals surface area contributed by atoms with E-state index in [0.29, 0.717) is 22.7 Å². The molecule has 1 heterocycles. The highest BCUT2D eigenvalue weighted by Gasteiger charge is 2.32. The van der Waals surface area contributed by atoms with Crippen LogP contribution in [0.15, 0.2) is 17.6 Å². The van der Waals surface area contributed by atoms with Gasteiger partial charge in [0.15, 0.2) is 5.52 Å². The predicted molar refractivity (Wildman–Crippen MR) is 81.3 cm³/mol. The van der Waals surface area contributed by atoms with Crippen molar-refractivity contribution in [1.29, 1.82) is 0 Å². The Kier molecular flexibility index (Phi) is 3.12. The number of nitro groups is 1. The maximum atomic E-state index is 11.4. The molecule has 0 saturated heterocycles. The van der Waals surface area contributed by atoms with Crippen LogP contribution in [0.2, 0.25) is 0 Å². The van der Waals surface area contributed by atoms with Gasteiger partial charge in [0.25, 0.3) is 0 Å². The van der Waals surface area contributed by atoms with Gasteiger partial charge in [0, 0.05) is 6.04 Å². The zero-order valence-corrected chi connectivity index (χ0v) is 12.4. The van der Waals surface area contributed by atoms with E-state index < -0.39 is 0 Å². The lowest BCUT2D eigenvalue weighted by molar-refractivity contribution is -0.382. The minimum atomic E-state index is -0.329. The zero-order valence-electron chi connectivity index (χ0n) is 11.5. The first-order chi connectivity index (χ1) is 9.46. The summed E-state index contributed by atoms with van der Waals surface area (Å²) in [4.78, 5) is 15.2. The summed E-state index contributed by atoms with van der Waals surface area (Å²) in [6.07, 6.45) is 3.25. The van der Waals surface area contributed by atoms with Crippen LogP contribution >= 0.6 is 11.3 Å². The minimum absolute atomic E-state index is 0.105. The first kappa shape index (κ1) is 13.3. The Balaban J connectivity index is 1.95.